The van der Waals surface area contributed by atoms with Crippen LogP contribution in [-0.4, -0.2) is 73.7 Å². The number of anilines is 1. The highest BCUT2D eigenvalue weighted by Crippen LogP contribution is 2.17. The molecule has 0 radical (unpaired) electrons. The summed E-state index contributed by atoms with van der Waals surface area (Å²) in [7, 11) is 4.31. The molecule has 1 aromatic heterocycles. The summed E-state index contributed by atoms with van der Waals surface area (Å²) in [5, 5.41) is 6.16. The van der Waals surface area contributed by atoms with Crippen molar-refractivity contribution < 1.29 is 9.53 Å². The van der Waals surface area contributed by atoms with Gasteiger partial charge < -0.3 is 15.0 Å². The quantitative estimate of drug-likeness (QED) is 0.788. The second-order valence-electron chi connectivity index (χ2n) is 5.40. The summed E-state index contributed by atoms with van der Waals surface area (Å²) in [6.45, 7) is 6.36. The highest BCUT2D eigenvalue weighted by Gasteiger charge is 2.22. The number of carbonyl (C=O) groups is 1. The van der Waals surface area contributed by atoms with Crippen LogP contribution < -0.4 is 5.32 Å². The van der Waals surface area contributed by atoms with Gasteiger partial charge in [0.25, 0.3) is 0 Å². The van der Waals surface area contributed by atoms with Crippen molar-refractivity contribution in [2.45, 2.75) is 19.4 Å². The predicted molar refractivity (Wildman–Crippen MR) is 84.9 cm³/mol. The molecule has 0 amide bonds. The molecule has 0 saturated carbocycles. The fourth-order valence-electron chi connectivity index (χ4n) is 2.36. The molecule has 0 aromatic carbocycles. The van der Waals surface area contributed by atoms with E-state index in [1.165, 1.54) is 11.3 Å². The van der Waals surface area contributed by atoms with Gasteiger partial charge in [-0.25, -0.2) is 4.98 Å². The van der Waals surface area contributed by atoms with Crippen LogP contribution in [0.3, 0.4) is 0 Å². The van der Waals surface area contributed by atoms with Gasteiger partial charge in [0.2, 0.25) is 0 Å². The van der Waals surface area contributed by atoms with E-state index in [1.807, 2.05) is 12.3 Å². The Bertz CT molecular complexity index is 466. The third-order valence-electron chi connectivity index (χ3n) is 3.65. The van der Waals surface area contributed by atoms with E-state index in [4.69, 9.17) is 4.74 Å². The minimum Gasteiger partial charge on any atom is -0.466 e. The van der Waals surface area contributed by atoms with Crippen molar-refractivity contribution in [3.63, 3.8) is 0 Å². The summed E-state index contributed by atoms with van der Waals surface area (Å²) in [4.78, 5) is 20.6. The molecule has 1 aliphatic rings. The number of hydrogen-bond acceptors (Lipinski definition) is 7. The number of piperazine rings is 1. The molecule has 1 fully saturated rings. The van der Waals surface area contributed by atoms with Gasteiger partial charge in [0.1, 0.15) is 0 Å². The minimum atomic E-state index is -0.219. The average Bonchev–Trinajstić information content (AvgIpc) is 2.87. The normalized spacial score (nSPS) is 20.4. The van der Waals surface area contributed by atoms with E-state index in [9.17, 15) is 4.79 Å². The summed E-state index contributed by atoms with van der Waals surface area (Å²) in [6.07, 6.45) is 0.248. The first-order chi connectivity index (χ1) is 10.1. The van der Waals surface area contributed by atoms with Crippen LogP contribution in [0.4, 0.5) is 5.13 Å². The van der Waals surface area contributed by atoms with Crippen LogP contribution in [-0.2, 0) is 16.0 Å². The number of thiazole rings is 1. The Morgan fingerprint density at radius 2 is 2.33 bits per heavy atom. The number of nitrogens with one attached hydrogen (secondary N) is 1. The minimum absolute atomic E-state index is 0.219. The van der Waals surface area contributed by atoms with Gasteiger partial charge in [0.05, 0.1) is 18.7 Å². The SMILES string of the molecule is CCOC(=O)Cc1csc(NCC2CN(C)CCN2C)n1. The van der Waals surface area contributed by atoms with E-state index in [0.717, 1.165) is 37.0 Å². The average molecular weight is 312 g/mol. The van der Waals surface area contributed by atoms with Gasteiger partial charge in [-0.05, 0) is 21.0 Å². The van der Waals surface area contributed by atoms with Gasteiger partial charge in [0, 0.05) is 37.6 Å². The number of esters is 1. The summed E-state index contributed by atoms with van der Waals surface area (Å²) in [5.74, 6) is -0.219. The second kappa shape index (κ2) is 7.72. The Hall–Kier alpha value is -1.18. The highest BCUT2D eigenvalue weighted by molar-refractivity contribution is 7.13. The molecule has 0 bridgehead atoms. The largest absolute Gasteiger partial charge is 0.466 e. The van der Waals surface area contributed by atoms with Crippen LogP contribution in [0.2, 0.25) is 0 Å². The van der Waals surface area contributed by atoms with Crippen molar-refractivity contribution >= 4 is 22.4 Å². The van der Waals surface area contributed by atoms with Crippen LogP contribution in [0.15, 0.2) is 5.38 Å². The molecule has 1 unspecified atom stereocenters. The van der Waals surface area contributed by atoms with E-state index in [0.29, 0.717) is 12.6 Å². The van der Waals surface area contributed by atoms with Crippen LogP contribution in [0, 0.1) is 0 Å². The number of likely N-dealkylation sites (N-methyl/N-ethyl adjacent to an activating group) is 2. The molecular weight excluding hydrogens is 288 g/mol. The fraction of sp³-hybridized carbons (Fsp3) is 0.714. The molecule has 2 rings (SSSR count). The maximum atomic E-state index is 11.4. The maximum Gasteiger partial charge on any atom is 0.311 e. The van der Waals surface area contributed by atoms with Crippen LogP contribution in [0.25, 0.3) is 0 Å². The zero-order valence-electron chi connectivity index (χ0n) is 13.0. The lowest BCUT2D eigenvalue weighted by Crippen LogP contribution is -2.52. The van der Waals surface area contributed by atoms with Gasteiger partial charge >= 0.3 is 5.97 Å². The molecule has 1 aromatic rings. The smallest absolute Gasteiger partial charge is 0.311 e. The summed E-state index contributed by atoms with van der Waals surface area (Å²) in [6, 6.07) is 0.487. The lowest BCUT2D eigenvalue weighted by molar-refractivity contribution is -0.142. The zero-order chi connectivity index (χ0) is 15.2. The topological polar surface area (TPSA) is 57.7 Å². The van der Waals surface area contributed by atoms with Crippen LogP contribution in [0.1, 0.15) is 12.6 Å². The zero-order valence-corrected chi connectivity index (χ0v) is 13.8. The number of rotatable bonds is 6. The van der Waals surface area contributed by atoms with Gasteiger partial charge in [0.15, 0.2) is 5.13 Å². The van der Waals surface area contributed by atoms with Crippen molar-refractivity contribution in [2.24, 2.45) is 0 Å². The highest BCUT2D eigenvalue weighted by atomic mass is 32.1. The Morgan fingerprint density at radius 3 is 3.10 bits per heavy atom. The maximum absolute atomic E-state index is 11.4. The third-order valence-corrected chi connectivity index (χ3v) is 4.50. The first-order valence-electron chi connectivity index (χ1n) is 7.31. The van der Waals surface area contributed by atoms with Crippen LogP contribution in [0.5, 0.6) is 0 Å². The fourth-order valence-corrected chi connectivity index (χ4v) is 3.08. The van der Waals surface area contributed by atoms with Crippen LogP contribution >= 0.6 is 11.3 Å². The third kappa shape index (κ3) is 4.94. The molecule has 118 valence electrons. The molecule has 6 nitrogen and oxygen atoms in total. The van der Waals surface area contributed by atoms with Gasteiger partial charge in [-0.3, -0.25) is 9.69 Å². The van der Waals surface area contributed by atoms with Gasteiger partial charge in [-0.1, -0.05) is 0 Å². The molecule has 1 aliphatic heterocycles. The Morgan fingerprint density at radius 1 is 1.52 bits per heavy atom. The molecule has 2 heterocycles. The Labute approximate surface area is 130 Å². The molecule has 1 N–H and O–H groups in total. The first kappa shape index (κ1) is 16.2. The van der Waals surface area contributed by atoms with Gasteiger partial charge in [-0.15, -0.1) is 11.3 Å². The van der Waals surface area contributed by atoms with E-state index >= 15 is 0 Å². The first-order valence-corrected chi connectivity index (χ1v) is 8.19. The second-order valence-corrected chi connectivity index (χ2v) is 6.26. The molecule has 21 heavy (non-hydrogen) atoms. The van der Waals surface area contributed by atoms with Crippen molar-refractivity contribution in [1.82, 2.24) is 14.8 Å². The number of nitrogens with zero attached hydrogens (tertiary/aromatic N) is 3. The molecule has 7 heteroatoms. The Kier molecular flexibility index (Phi) is 5.96. The lowest BCUT2D eigenvalue weighted by Gasteiger charge is -2.37. The van der Waals surface area contributed by atoms with E-state index in [1.54, 1.807) is 0 Å². The van der Waals surface area contributed by atoms with Crippen molar-refractivity contribution in [1.29, 1.82) is 0 Å². The number of hydrogen-bond donors (Lipinski definition) is 1. The molecule has 0 aliphatic carbocycles. The summed E-state index contributed by atoms with van der Waals surface area (Å²) in [5.41, 5.74) is 0.773. The van der Waals surface area contributed by atoms with Crippen molar-refractivity contribution in [2.75, 3.05) is 52.2 Å². The summed E-state index contributed by atoms with van der Waals surface area (Å²) >= 11 is 1.54. The number of aromatic nitrogens is 1. The molecule has 1 saturated heterocycles. The molecule has 0 spiro atoms. The molecule has 1 atom stereocenters. The summed E-state index contributed by atoms with van der Waals surface area (Å²) < 4.78 is 4.93. The molecular formula is C14H24N4O2S. The standard InChI is InChI=1S/C14H24N4O2S/c1-4-20-13(19)7-11-10-21-14(16-11)15-8-12-9-17(2)5-6-18(12)3/h10,12H,4-9H2,1-3H3,(H,15,16). The van der Waals surface area contributed by atoms with Crippen molar-refractivity contribution in [3.8, 4) is 0 Å². The number of carbonyl (C=O) groups excluding carboxylic acids is 1. The monoisotopic (exact) mass is 312 g/mol. The van der Waals surface area contributed by atoms with Gasteiger partial charge in [-0.2, -0.15) is 0 Å². The van der Waals surface area contributed by atoms with Crippen molar-refractivity contribution in [3.05, 3.63) is 11.1 Å². The number of ether oxygens (including phenoxy) is 1. The van der Waals surface area contributed by atoms with E-state index < -0.39 is 0 Å². The Balaban J connectivity index is 1.81. The van der Waals surface area contributed by atoms with E-state index in [-0.39, 0.29) is 12.4 Å². The predicted octanol–water partition coefficient (Wildman–Crippen LogP) is 0.906. The lowest BCUT2D eigenvalue weighted by atomic mass is 10.2. The van der Waals surface area contributed by atoms with E-state index in [2.05, 4.69) is 34.2 Å².